The Kier molecular flexibility index (Phi) is 3.57. The van der Waals surface area contributed by atoms with E-state index < -0.39 is 0 Å². The van der Waals surface area contributed by atoms with Gasteiger partial charge in [0.2, 0.25) is 0 Å². The van der Waals surface area contributed by atoms with E-state index in [4.69, 9.17) is 16.0 Å². The van der Waals surface area contributed by atoms with Gasteiger partial charge in [0.05, 0.1) is 0 Å². The Morgan fingerprint density at radius 1 is 1.16 bits per heavy atom. The van der Waals surface area contributed by atoms with Gasteiger partial charge in [-0.25, -0.2) is 0 Å². The summed E-state index contributed by atoms with van der Waals surface area (Å²) in [4.78, 5) is 3.02. The van der Waals surface area contributed by atoms with Gasteiger partial charge in [0, 0.05) is 17.0 Å². The van der Waals surface area contributed by atoms with Crippen molar-refractivity contribution < 1.29 is 4.42 Å². The molecule has 0 aliphatic carbocycles. The molecule has 1 N–H and O–H groups in total. The number of aromatic nitrogens is 3. The molecule has 0 bridgehead atoms. The Labute approximate surface area is 119 Å². The number of hydrogen-bond donors (Lipinski definition) is 1. The smallest absolute Gasteiger partial charge is 0.277 e. The van der Waals surface area contributed by atoms with Gasteiger partial charge in [-0.15, -0.1) is 10.2 Å². The highest BCUT2D eigenvalue weighted by atomic mass is 35.5. The monoisotopic (exact) mass is 291 g/mol. The molecule has 19 heavy (non-hydrogen) atoms. The highest BCUT2D eigenvalue weighted by molar-refractivity contribution is 7.98. The van der Waals surface area contributed by atoms with Gasteiger partial charge in [-0.1, -0.05) is 41.6 Å². The molecule has 96 valence electrons. The van der Waals surface area contributed by atoms with Crippen molar-refractivity contribution in [1.29, 1.82) is 0 Å². The third kappa shape index (κ3) is 2.83. The minimum absolute atomic E-state index is 0.492. The van der Waals surface area contributed by atoms with E-state index in [1.807, 2.05) is 42.6 Å². The first kappa shape index (κ1) is 12.3. The van der Waals surface area contributed by atoms with E-state index in [0.29, 0.717) is 16.9 Å². The van der Waals surface area contributed by atoms with E-state index in [2.05, 4.69) is 15.2 Å². The van der Waals surface area contributed by atoms with Crippen LogP contribution in [0.5, 0.6) is 0 Å². The molecule has 0 unspecified atom stereocenters. The molecule has 6 heteroatoms. The van der Waals surface area contributed by atoms with E-state index in [-0.39, 0.29) is 0 Å². The zero-order valence-electron chi connectivity index (χ0n) is 9.84. The number of nitrogens with zero attached hydrogens (tertiary/aromatic N) is 2. The van der Waals surface area contributed by atoms with Crippen LogP contribution >= 0.6 is 23.4 Å². The third-order valence-electron chi connectivity index (χ3n) is 2.54. The van der Waals surface area contributed by atoms with Crippen molar-refractivity contribution in [3.63, 3.8) is 0 Å². The van der Waals surface area contributed by atoms with Crippen molar-refractivity contribution >= 4 is 23.4 Å². The van der Waals surface area contributed by atoms with Crippen LogP contribution in [0, 0.1) is 0 Å². The van der Waals surface area contributed by atoms with Gasteiger partial charge in [0.25, 0.3) is 11.1 Å². The van der Waals surface area contributed by atoms with Crippen molar-refractivity contribution in [2.45, 2.75) is 11.0 Å². The van der Waals surface area contributed by atoms with Crippen LogP contribution in [0.2, 0.25) is 5.02 Å². The van der Waals surface area contributed by atoms with Crippen LogP contribution in [-0.2, 0) is 5.75 Å². The summed E-state index contributed by atoms with van der Waals surface area (Å²) in [6.07, 6.45) is 1.82. The molecule has 0 radical (unpaired) electrons. The Bertz CT molecular complexity index is 666. The average molecular weight is 292 g/mol. The number of nitrogens with one attached hydrogen (secondary N) is 1. The standard InChI is InChI=1S/C13H10ClN3OS/c14-10-5-2-1-4-9(10)8-19-13-17-16-12(18-13)11-6-3-7-15-11/h1-7,15H,8H2. The average Bonchev–Trinajstić information content (AvgIpc) is 3.09. The van der Waals surface area contributed by atoms with E-state index in [1.54, 1.807) is 0 Å². The van der Waals surface area contributed by atoms with Crippen molar-refractivity contribution in [1.82, 2.24) is 15.2 Å². The number of benzene rings is 1. The first-order valence-electron chi connectivity index (χ1n) is 5.66. The highest BCUT2D eigenvalue weighted by Crippen LogP contribution is 2.27. The molecule has 3 aromatic rings. The van der Waals surface area contributed by atoms with Gasteiger partial charge >= 0.3 is 0 Å². The summed E-state index contributed by atoms with van der Waals surface area (Å²) in [5.41, 5.74) is 1.87. The van der Waals surface area contributed by atoms with E-state index in [9.17, 15) is 0 Å². The molecule has 0 aliphatic heterocycles. The lowest BCUT2D eigenvalue weighted by atomic mass is 10.2. The van der Waals surface area contributed by atoms with Crippen molar-refractivity contribution in [3.05, 3.63) is 53.2 Å². The number of H-pyrrole nitrogens is 1. The number of halogens is 1. The second-order valence-corrected chi connectivity index (χ2v) is 5.17. The zero-order valence-corrected chi connectivity index (χ0v) is 11.4. The van der Waals surface area contributed by atoms with Gasteiger partial charge in [0.1, 0.15) is 5.69 Å². The summed E-state index contributed by atoms with van der Waals surface area (Å²) < 4.78 is 5.56. The summed E-state index contributed by atoms with van der Waals surface area (Å²) in [5.74, 6) is 1.19. The minimum Gasteiger partial charge on any atom is -0.410 e. The summed E-state index contributed by atoms with van der Waals surface area (Å²) in [6, 6.07) is 11.5. The largest absolute Gasteiger partial charge is 0.410 e. The van der Waals surface area contributed by atoms with Gasteiger partial charge in [-0.05, 0) is 23.8 Å². The lowest BCUT2D eigenvalue weighted by molar-refractivity contribution is 0.464. The lowest BCUT2D eigenvalue weighted by Gasteiger charge is -2.00. The molecule has 0 atom stereocenters. The Hall–Kier alpha value is -1.72. The lowest BCUT2D eigenvalue weighted by Crippen LogP contribution is -1.81. The second-order valence-electron chi connectivity index (χ2n) is 3.84. The predicted octanol–water partition coefficient (Wildman–Crippen LogP) is 4.01. The van der Waals surface area contributed by atoms with Gasteiger partial charge < -0.3 is 9.40 Å². The van der Waals surface area contributed by atoms with E-state index in [1.165, 1.54) is 11.8 Å². The fourth-order valence-electron chi connectivity index (χ4n) is 1.60. The summed E-state index contributed by atoms with van der Waals surface area (Å²) in [6.45, 7) is 0. The van der Waals surface area contributed by atoms with Crippen molar-refractivity contribution in [2.24, 2.45) is 0 Å². The van der Waals surface area contributed by atoms with Crippen molar-refractivity contribution in [3.8, 4) is 11.6 Å². The number of aromatic amines is 1. The first-order valence-corrected chi connectivity index (χ1v) is 7.03. The minimum atomic E-state index is 0.492. The molecule has 2 aromatic heterocycles. The molecule has 2 heterocycles. The van der Waals surface area contributed by atoms with Gasteiger partial charge in [-0.2, -0.15) is 0 Å². The molecular formula is C13H10ClN3OS. The molecule has 0 amide bonds. The van der Waals surface area contributed by atoms with Gasteiger partial charge in [-0.3, -0.25) is 0 Å². The SMILES string of the molecule is Clc1ccccc1CSc1nnc(-c2ccc[nH]2)o1. The first-order chi connectivity index (χ1) is 9.33. The molecule has 0 fully saturated rings. The summed E-state index contributed by atoms with van der Waals surface area (Å²) in [5, 5.41) is 9.27. The summed E-state index contributed by atoms with van der Waals surface area (Å²) in [7, 11) is 0. The van der Waals surface area contributed by atoms with Crippen LogP contribution < -0.4 is 0 Å². The molecular weight excluding hydrogens is 282 g/mol. The molecule has 1 aromatic carbocycles. The van der Waals surface area contributed by atoms with Crippen LogP contribution in [0.4, 0.5) is 0 Å². The fourth-order valence-corrected chi connectivity index (χ4v) is 2.64. The maximum absolute atomic E-state index is 6.09. The number of rotatable bonds is 4. The zero-order chi connectivity index (χ0) is 13.1. The Morgan fingerprint density at radius 3 is 2.84 bits per heavy atom. The molecule has 4 nitrogen and oxygen atoms in total. The number of hydrogen-bond acceptors (Lipinski definition) is 4. The normalized spacial score (nSPS) is 10.8. The quantitative estimate of drug-likeness (QED) is 0.738. The maximum Gasteiger partial charge on any atom is 0.277 e. The van der Waals surface area contributed by atoms with Crippen LogP contribution in [-0.4, -0.2) is 15.2 Å². The van der Waals surface area contributed by atoms with Crippen molar-refractivity contribution in [2.75, 3.05) is 0 Å². The van der Waals surface area contributed by atoms with Crippen LogP contribution in [0.15, 0.2) is 52.2 Å². The molecule has 0 saturated heterocycles. The van der Waals surface area contributed by atoms with Gasteiger partial charge in [0.15, 0.2) is 0 Å². The van der Waals surface area contributed by atoms with E-state index >= 15 is 0 Å². The fraction of sp³-hybridized carbons (Fsp3) is 0.0769. The third-order valence-corrected chi connectivity index (χ3v) is 3.78. The topological polar surface area (TPSA) is 54.7 Å². The Morgan fingerprint density at radius 2 is 2.05 bits per heavy atom. The maximum atomic E-state index is 6.09. The van der Waals surface area contributed by atoms with Crippen LogP contribution in [0.3, 0.4) is 0 Å². The van der Waals surface area contributed by atoms with Crippen LogP contribution in [0.25, 0.3) is 11.6 Å². The molecule has 0 saturated carbocycles. The number of thioether (sulfide) groups is 1. The molecule has 0 aliphatic rings. The van der Waals surface area contributed by atoms with Crippen LogP contribution in [0.1, 0.15) is 5.56 Å². The predicted molar refractivity (Wildman–Crippen MR) is 75.1 cm³/mol. The highest BCUT2D eigenvalue weighted by Gasteiger charge is 2.10. The summed E-state index contributed by atoms with van der Waals surface area (Å²) >= 11 is 7.56. The van der Waals surface area contributed by atoms with E-state index in [0.717, 1.165) is 16.3 Å². The molecule has 0 spiro atoms. The Balaban J connectivity index is 1.70. The molecule has 3 rings (SSSR count). The second kappa shape index (κ2) is 5.50.